The Morgan fingerprint density at radius 1 is 1.09 bits per heavy atom. The third-order valence-electron chi connectivity index (χ3n) is 4.45. The Labute approximate surface area is 126 Å². The van der Waals surface area contributed by atoms with Crippen molar-refractivity contribution in [2.45, 2.75) is 13.0 Å². The van der Waals surface area contributed by atoms with Crippen molar-refractivity contribution in [2.24, 2.45) is 10.8 Å². The lowest BCUT2D eigenvalue weighted by Gasteiger charge is -2.19. The van der Waals surface area contributed by atoms with Gasteiger partial charge in [-0.1, -0.05) is 30.3 Å². The van der Waals surface area contributed by atoms with Crippen molar-refractivity contribution >= 4 is 18.4 Å². The van der Waals surface area contributed by atoms with Crippen molar-refractivity contribution in [3.8, 4) is 0 Å². The standard InChI is InChI=1S/C14H15NO4.CH2O2/c16-11(17)13-7-14(13,12(18)19)9-15(8-13)6-10-4-2-1-3-5-10;2-1-3/h1-5H,6-9H2,(H,16,17)(H,18,19);1H,(H,2,3)/t13-,14+;. The average molecular weight is 307 g/mol. The smallest absolute Gasteiger partial charge is 0.312 e. The molecule has 1 saturated heterocycles. The van der Waals surface area contributed by atoms with Gasteiger partial charge in [-0.2, -0.15) is 0 Å². The van der Waals surface area contributed by atoms with E-state index in [1.54, 1.807) is 0 Å². The van der Waals surface area contributed by atoms with Crippen molar-refractivity contribution in [3.63, 3.8) is 0 Å². The van der Waals surface area contributed by atoms with Crippen LogP contribution in [0.1, 0.15) is 12.0 Å². The molecule has 1 aliphatic heterocycles. The molecule has 7 nitrogen and oxygen atoms in total. The van der Waals surface area contributed by atoms with E-state index in [0.717, 1.165) is 5.56 Å². The number of nitrogens with zero attached hydrogens (tertiary/aromatic N) is 1. The zero-order chi connectivity index (χ0) is 16.4. The van der Waals surface area contributed by atoms with Crippen LogP contribution in [0.3, 0.4) is 0 Å². The highest BCUT2D eigenvalue weighted by molar-refractivity contribution is 5.94. The molecule has 1 aromatic carbocycles. The highest BCUT2D eigenvalue weighted by atomic mass is 16.4. The van der Waals surface area contributed by atoms with E-state index in [1.807, 2.05) is 35.2 Å². The maximum atomic E-state index is 11.4. The number of carboxylic acids is 2. The molecule has 2 fully saturated rings. The van der Waals surface area contributed by atoms with Gasteiger partial charge in [0.25, 0.3) is 6.47 Å². The number of hydrogen-bond donors (Lipinski definition) is 3. The van der Waals surface area contributed by atoms with E-state index in [-0.39, 0.29) is 12.9 Å². The fourth-order valence-corrected chi connectivity index (χ4v) is 3.35. The van der Waals surface area contributed by atoms with Crippen LogP contribution >= 0.6 is 0 Å². The lowest BCUT2D eigenvalue weighted by molar-refractivity contribution is -0.151. The number of aliphatic carboxylic acids is 2. The van der Waals surface area contributed by atoms with Crippen molar-refractivity contribution in [1.82, 2.24) is 4.90 Å². The van der Waals surface area contributed by atoms with Crippen molar-refractivity contribution in [3.05, 3.63) is 35.9 Å². The van der Waals surface area contributed by atoms with E-state index in [9.17, 15) is 19.8 Å². The summed E-state index contributed by atoms with van der Waals surface area (Å²) >= 11 is 0. The van der Waals surface area contributed by atoms with Gasteiger partial charge in [-0.05, 0) is 12.0 Å². The van der Waals surface area contributed by atoms with Crippen LogP contribution < -0.4 is 0 Å². The van der Waals surface area contributed by atoms with E-state index in [0.29, 0.717) is 19.6 Å². The summed E-state index contributed by atoms with van der Waals surface area (Å²) < 4.78 is 0. The fraction of sp³-hybridized carbons (Fsp3) is 0.400. The Balaban J connectivity index is 0.000000545. The molecule has 22 heavy (non-hydrogen) atoms. The molecule has 0 amide bonds. The summed E-state index contributed by atoms with van der Waals surface area (Å²) in [6.07, 6.45) is 0.260. The average Bonchev–Trinajstić information content (AvgIpc) is 3.01. The molecule has 3 rings (SSSR count). The van der Waals surface area contributed by atoms with Crippen LogP contribution in [-0.4, -0.2) is 51.7 Å². The zero-order valence-corrected chi connectivity index (χ0v) is 11.8. The number of carboxylic acid groups (broad SMARTS) is 3. The first-order valence-corrected chi connectivity index (χ1v) is 6.73. The second-order valence-corrected chi connectivity index (χ2v) is 5.69. The topological polar surface area (TPSA) is 115 Å². The number of hydrogen-bond acceptors (Lipinski definition) is 4. The van der Waals surface area contributed by atoms with Crippen LogP contribution in [0.4, 0.5) is 0 Å². The van der Waals surface area contributed by atoms with Gasteiger partial charge in [-0.25, -0.2) is 0 Å². The lowest BCUT2D eigenvalue weighted by Crippen LogP contribution is -2.28. The molecular weight excluding hydrogens is 290 g/mol. The summed E-state index contributed by atoms with van der Waals surface area (Å²) in [7, 11) is 0. The molecule has 7 heteroatoms. The second-order valence-electron chi connectivity index (χ2n) is 5.69. The molecule has 0 unspecified atom stereocenters. The van der Waals surface area contributed by atoms with Gasteiger partial charge in [0.05, 0.1) is 10.8 Å². The normalized spacial score (nSPS) is 28.9. The Morgan fingerprint density at radius 2 is 1.55 bits per heavy atom. The first-order valence-electron chi connectivity index (χ1n) is 6.73. The molecule has 1 aromatic rings. The summed E-state index contributed by atoms with van der Waals surface area (Å²) in [5.41, 5.74) is -1.08. The van der Waals surface area contributed by atoms with Crippen LogP contribution in [0.15, 0.2) is 30.3 Å². The predicted molar refractivity (Wildman–Crippen MR) is 75.2 cm³/mol. The fourth-order valence-electron chi connectivity index (χ4n) is 3.35. The number of rotatable bonds is 4. The molecule has 1 heterocycles. The Hall–Kier alpha value is -2.41. The molecule has 0 spiro atoms. The summed E-state index contributed by atoms with van der Waals surface area (Å²) in [5.74, 6) is -1.96. The Bertz CT molecular complexity index is 561. The van der Waals surface area contributed by atoms with Gasteiger partial charge in [0, 0.05) is 19.6 Å². The number of benzene rings is 1. The van der Waals surface area contributed by atoms with Gasteiger partial charge >= 0.3 is 11.9 Å². The number of carbonyl (C=O) groups is 3. The molecule has 118 valence electrons. The van der Waals surface area contributed by atoms with Gasteiger partial charge in [-0.3, -0.25) is 19.3 Å². The minimum atomic E-state index is -1.08. The Kier molecular flexibility index (Phi) is 4.18. The summed E-state index contributed by atoms with van der Waals surface area (Å²) in [5, 5.41) is 25.5. The summed E-state index contributed by atoms with van der Waals surface area (Å²) in [6, 6.07) is 9.69. The zero-order valence-electron chi connectivity index (χ0n) is 11.8. The molecular formula is C15H17NO6. The van der Waals surface area contributed by atoms with E-state index < -0.39 is 22.8 Å². The van der Waals surface area contributed by atoms with Crippen LogP contribution in [-0.2, 0) is 20.9 Å². The first-order chi connectivity index (χ1) is 10.4. The third-order valence-corrected chi connectivity index (χ3v) is 4.45. The maximum Gasteiger partial charge on any atom is 0.312 e. The molecule has 0 radical (unpaired) electrons. The maximum absolute atomic E-state index is 11.4. The van der Waals surface area contributed by atoms with E-state index >= 15 is 0 Å². The molecule has 1 saturated carbocycles. The number of likely N-dealkylation sites (tertiary alicyclic amines) is 1. The van der Waals surface area contributed by atoms with Crippen LogP contribution in [0.5, 0.6) is 0 Å². The largest absolute Gasteiger partial charge is 0.483 e. The van der Waals surface area contributed by atoms with Gasteiger partial charge in [0.15, 0.2) is 0 Å². The second kappa shape index (κ2) is 5.76. The van der Waals surface area contributed by atoms with Gasteiger partial charge < -0.3 is 15.3 Å². The first kappa shape index (κ1) is 16.0. The SMILES string of the molecule is O=C(O)[C@@]12CN(Cc3ccccc3)C[C@]1(C(=O)O)C2.O=CO. The number of piperidine rings is 1. The van der Waals surface area contributed by atoms with Gasteiger partial charge in [0.2, 0.25) is 0 Å². The molecule has 1 aliphatic carbocycles. The van der Waals surface area contributed by atoms with Crippen molar-refractivity contribution in [2.75, 3.05) is 13.1 Å². The Morgan fingerprint density at radius 3 is 1.95 bits per heavy atom. The summed E-state index contributed by atoms with van der Waals surface area (Å²) in [6.45, 7) is 0.998. The van der Waals surface area contributed by atoms with E-state index in [1.165, 1.54) is 0 Å². The molecule has 2 aliphatic rings. The number of fused-ring (bicyclic) bond motifs is 1. The van der Waals surface area contributed by atoms with Crippen LogP contribution in [0.25, 0.3) is 0 Å². The van der Waals surface area contributed by atoms with Crippen molar-refractivity contribution < 1.29 is 29.7 Å². The van der Waals surface area contributed by atoms with E-state index in [2.05, 4.69) is 0 Å². The molecule has 0 bridgehead atoms. The van der Waals surface area contributed by atoms with E-state index in [4.69, 9.17) is 9.90 Å². The van der Waals surface area contributed by atoms with Crippen LogP contribution in [0, 0.1) is 10.8 Å². The molecule has 0 aromatic heterocycles. The highest BCUT2D eigenvalue weighted by Crippen LogP contribution is 2.68. The van der Waals surface area contributed by atoms with Crippen molar-refractivity contribution in [1.29, 1.82) is 0 Å². The lowest BCUT2D eigenvalue weighted by atomic mass is 9.97. The molecule has 3 N–H and O–H groups in total. The summed E-state index contributed by atoms with van der Waals surface area (Å²) in [4.78, 5) is 33.1. The molecule has 2 atom stereocenters. The predicted octanol–water partition coefficient (Wildman–Crippen LogP) is 0.749. The highest BCUT2D eigenvalue weighted by Gasteiger charge is 2.80. The van der Waals surface area contributed by atoms with Gasteiger partial charge in [0.1, 0.15) is 0 Å². The van der Waals surface area contributed by atoms with Gasteiger partial charge in [-0.15, -0.1) is 0 Å². The quantitative estimate of drug-likeness (QED) is 0.703. The minimum Gasteiger partial charge on any atom is -0.483 e. The minimum absolute atomic E-state index is 0.250. The monoisotopic (exact) mass is 307 g/mol. The van der Waals surface area contributed by atoms with Crippen LogP contribution in [0.2, 0.25) is 0 Å². The third kappa shape index (κ3) is 2.43.